The fourth-order valence-electron chi connectivity index (χ4n) is 4.39. The van der Waals surface area contributed by atoms with Crippen molar-refractivity contribution < 1.29 is 19.1 Å². The predicted octanol–water partition coefficient (Wildman–Crippen LogP) is 4.43. The number of hydrogen-bond acceptors (Lipinski definition) is 5. The van der Waals surface area contributed by atoms with Gasteiger partial charge in [-0.05, 0) is 36.3 Å². The molecule has 1 atom stereocenters. The molecule has 1 unspecified atom stereocenters. The van der Waals surface area contributed by atoms with Gasteiger partial charge in [-0.25, -0.2) is 4.79 Å². The maximum absolute atomic E-state index is 12.9. The Labute approximate surface area is 177 Å². The Kier molecular flexibility index (Phi) is 5.73. The van der Waals surface area contributed by atoms with Crippen LogP contribution in [0.1, 0.15) is 53.7 Å². The number of likely N-dealkylation sites (tertiary alicyclic amines) is 1. The summed E-state index contributed by atoms with van der Waals surface area (Å²) in [5, 5.41) is 0. The van der Waals surface area contributed by atoms with E-state index < -0.39 is 11.6 Å². The van der Waals surface area contributed by atoms with Crippen LogP contribution in [0.4, 0.5) is 0 Å². The molecule has 2 aromatic carbocycles. The number of ketones is 1. The molecule has 5 nitrogen and oxygen atoms in total. The molecule has 0 radical (unpaired) electrons. The van der Waals surface area contributed by atoms with Crippen LogP contribution in [0.2, 0.25) is 0 Å². The Balaban J connectivity index is 1.45. The largest absolute Gasteiger partial charge is 0.486 e. The predicted molar refractivity (Wildman–Crippen MR) is 115 cm³/mol. The maximum Gasteiger partial charge on any atom is 0.330 e. The smallest absolute Gasteiger partial charge is 0.330 e. The second-order valence-electron chi connectivity index (χ2n) is 8.12. The van der Waals surface area contributed by atoms with Crippen LogP contribution < -0.4 is 4.74 Å². The van der Waals surface area contributed by atoms with Crippen molar-refractivity contribution in [2.75, 3.05) is 20.2 Å². The van der Waals surface area contributed by atoms with Crippen LogP contribution in [-0.4, -0.2) is 42.5 Å². The van der Waals surface area contributed by atoms with Gasteiger partial charge in [0, 0.05) is 38.0 Å². The summed E-state index contributed by atoms with van der Waals surface area (Å²) in [5.74, 6) is 0.325. The average Bonchev–Trinajstić information content (AvgIpc) is 2.78. The molecular formula is C25H27NO4. The standard InChI is InChI=1S/C25H27NO4/c1-18(20-6-4-3-5-7-20)26-14-12-25(13-15-26)17-22(27)21-16-19(8-10-23(21)30-25)9-11-24(28)29-2/h3-11,16,18H,12-15,17H2,1-2H3/b11-9+. The minimum atomic E-state index is -0.425. The highest BCUT2D eigenvalue weighted by molar-refractivity contribution is 6.01. The van der Waals surface area contributed by atoms with Gasteiger partial charge in [0.05, 0.1) is 19.1 Å². The van der Waals surface area contributed by atoms with Crippen LogP contribution in [0.5, 0.6) is 5.75 Å². The number of hydrogen-bond donors (Lipinski definition) is 0. The minimum Gasteiger partial charge on any atom is -0.486 e. The van der Waals surface area contributed by atoms with Crippen molar-refractivity contribution >= 4 is 17.8 Å². The summed E-state index contributed by atoms with van der Waals surface area (Å²) in [6, 6.07) is 16.3. The molecule has 0 bridgehead atoms. The zero-order valence-electron chi connectivity index (χ0n) is 17.5. The SMILES string of the molecule is COC(=O)/C=C/c1ccc2c(c1)C(=O)CC1(CCN(C(C)c3ccccc3)CC1)O2. The van der Waals surface area contributed by atoms with Crippen molar-refractivity contribution in [1.82, 2.24) is 4.90 Å². The van der Waals surface area contributed by atoms with Crippen molar-refractivity contribution in [2.45, 2.75) is 37.8 Å². The van der Waals surface area contributed by atoms with Crippen molar-refractivity contribution in [1.29, 1.82) is 0 Å². The van der Waals surface area contributed by atoms with Crippen LogP contribution in [0.15, 0.2) is 54.6 Å². The highest BCUT2D eigenvalue weighted by Crippen LogP contribution is 2.41. The van der Waals surface area contributed by atoms with Crippen molar-refractivity contribution in [3.8, 4) is 5.75 Å². The quantitative estimate of drug-likeness (QED) is 0.556. The van der Waals surface area contributed by atoms with Gasteiger partial charge in [-0.3, -0.25) is 9.69 Å². The first-order valence-electron chi connectivity index (χ1n) is 10.4. The van der Waals surface area contributed by atoms with E-state index in [-0.39, 0.29) is 5.78 Å². The van der Waals surface area contributed by atoms with Crippen LogP contribution in [0.25, 0.3) is 6.08 Å². The van der Waals surface area contributed by atoms with Crippen LogP contribution in [-0.2, 0) is 9.53 Å². The van der Waals surface area contributed by atoms with E-state index in [4.69, 9.17) is 4.74 Å². The highest BCUT2D eigenvalue weighted by Gasteiger charge is 2.43. The number of carbonyl (C=O) groups excluding carboxylic acids is 2. The lowest BCUT2D eigenvalue weighted by Gasteiger charge is -2.45. The molecule has 1 spiro atoms. The molecular weight excluding hydrogens is 378 g/mol. The Morgan fingerprint density at radius 2 is 1.90 bits per heavy atom. The second kappa shape index (κ2) is 8.44. The molecule has 2 aromatic rings. The normalized spacial score (nSPS) is 19.3. The van der Waals surface area contributed by atoms with E-state index >= 15 is 0 Å². The molecule has 0 aliphatic carbocycles. The molecule has 0 aromatic heterocycles. The average molecular weight is 405 g/mol. The molecule has 156 valence electrons. The molecule has 30 heavy (non-hydrogen) atoms. The summed E-state index contributed by atoms with van der Waals surface area (Å²) in [7, 11) is 1.34. The van der Waals surface area contributed by atoms with E-state index in [1.54, 1.807) is 12.1 Å². The number of benzene rings is 2. The molecule has 0 amide bonds. The first kappa shape index (κ1) is 20.4. The summed E-state index contributed by atoms with van der Waals surface area (Å²) < 4.78 is 11.0. The van der Waals surface area contributed by atoms with Gasteiger partial charge in [-0.2, -0.15) is 0 Å². The lowest BCUT2D eigenvalue weighted by Crippen LogP contribution is -2.51. The lowest BCUT2D eigenvalue weighted by atomic mass is 9.81. The molecule has 0 saturated carbocycles. The van der Waals surface area contributed by atoms with E-state index in [2.05, 4.69) is 40.8 Å². The van der Waals surface area contributed by atoms with Gasteiger partial charge < -0.3 is 9.47 Å². The number of fused-ring (bicyclic) bond motifs is 1. The first-order valence-corrected chi connectivity index (χ1v) is 10.4. The van der Waals surface area contributed by atoms with Crippen LogP contribution in [0.3, 0.4) is 0 Å². The fraction of sp³-hybridized carbons (Fsp3) is 0.360. The van der Waals surface area contributed by atoms with E-state index in [0.29, 0.717) is 23.8 Å². The molecule has 1 fully saturated rings. The second-order valence-corrected chi connectivity index (χ2v) is 8.12. The molecule has 1 saturated heterocycles. The Hall–Kier alpha value is -2.92. The topological polar surface area (TPSA) is 55.8 Å². The van der Waals surface area contributed by atoms with E-state index in [1.807, 2.05) is 18.2 Å². The number of rotatable bonds is 4. The van der Waals surface area contributed by atoms with Crippen molar-refractivity contribution in [2.24, 2.45) is 0 Å². The highest BCUT2D eigenvalue weighted by atomic mass is 16.5. The minimum absolute atomic E-state index is 0.106. The van der Waals surface area contributed by atoms with E-state index in [0.717, 1.165) is 31.5 Å². The number of ether oxygens (including phenoxy) is 2. The van der Waals surface area contributed by atoms with Crippen LogP contribution >= 0.6 is 0 Å². The van der Waals surface area contributed by atoms with Gasteiger partial charge in [-0.15, -0.1) is 0 Å². The zero-order chi connectivity index (χ0) is 21.1. The molecule has 5 heteroatoms. The van der Waals surface area contributed by atoms with Crippen molar-refractivity contribution in [3.05, 3.63) is 71.3 Å². The van der Waals surface area contributed by atoms with Gasteiger partial charge >= 0.3 is 5.97 Å². The Morgan fingerprint density at radius 3 is 2.60 bits per heavy atom. The number of methoxy groups -OCH3 is 1. The first-order chi connectivity index (χ1) is 14.5. The third-order valence-electron chi connectivity index (χ3n) is 6.27. The molecule has 2 aliphatic heterocycles. The molecule has 2 aliphatic rings. The maximum atomic E-state index is 12.9. The van der Waals surface area contributed by atoms with Crippen molar-refractivity contribution in [3.63, 3.8) is 0 Å². The third-order valence-corrected chi connectivity index (χ3v) is 6.27. The number of nitrogens with zero attached hydrogens (tertiary/aromatic N) is 1. The van der Waals surface area contributed by atoms with Gasteiger partial charge in [0.2, 0.25) is 0 Å². The van der Waals surface area contributed by atoms with Gasteiger partial charge in [0.15, 0.2) is 5.78 Å². The summed E-state index contributed by atoms with van der Waals surface area (Å²) in [5.41, 5.74) is 2.26. The monoisotopic (exact) mass is 405 g/mol. The number of esters is 1. The summed E-state index contributed by atoms with van der Waals surface area (Å²) in [6.07, 6.45) is 5.06. The number of piperidine rings is 1. The summed E-state index contributed by atoms with van der Waals surface area (Å²) >= 11 is 0. The van der Waals surface area contributed by atoms with Crippen LogP contribution in [0, 0.1) is 0 Å². The lowest BCUT2D eigenvalue weighted by molar-refractivity contribution is -0.134. The summed E-state index contributed by atoms with van der Waals surface area (Å²) in [6.45, 7) is 4.04. The molecule has 2 heterocycles. The van der Waals surface area contributed by atoms with Gasteiger partial charge in [-0.1, -0.05) is 36.4 Å². The molecule has 4 rings (SSSR count). The van der Waals surface area contributed by atoms with E-state index in [1.165, 1.54) is 18.7 Å². The van der Waals surface area contributed by atoms with E-state index in [9.17, 15) is 9.59 Å². The van der Waals surface area contributed by atoms with Gasteiger partial charge in [0.1, 0.15) is 11.4 Å². The number of Topliss-reactive ketones (excluding diaryl/α,β-unsaturated/α-hetero) is 1. The number of carbonyl (C=O) groups is 2. The third kappa shape index (κ3) is 4.17. The Morgan fingerprint density at radius 1 is 1.17 bits per heavy atom. The summed E-state index contributed by atoms with van der Waals surface area (Å²) in [4.78, 5) is 26.7. The van der Waals surface area contributed by atoms with Gasteiger partial charge in [0.25, 0.3) is 0 Å². The zero-order valence-corrected chi connectivity index (χ0v) is 17.5. The molecule has 0 N–H and O–H groups in total. The fourth-order valence-corrected chi connectivity index (χ4v) is 4.39. The Bertz CT molecular complexity index is 958.